The van der Waals surface area contributed by atoms with Gasteiger partial charge in [-0.1, -0.05) is 46.2 Å². The number of carboxylic acids is 2. The Morgan fingerprint density at radius 1 is 0.625 bits per heavy atom. The second-order valence-corrected chi connectivity index (χ2v) is 17.2. The van der Waals surface area contributed by atoms with Gasteiger partial charge in [0.15, 0.2) is 0 Å². The van der Waals surface area contributed by atoms with Crippen LogP contribution in [-0.2, 0) is 65.6 Å². The zero-order chi connectivity index (χ0) is 54.2. The van der Waals surface area contributed by atoms with Gasteiger partial charge < -0.3 is 84.1 Å². The third-order valence-electron chi connectivity index (χ3n) is 10.7. The summed E-state index contributed by atoms with van der Waals surface area (Å²) in [7, 11) is 0. The molecule has 0 radical (unpaired) electrons. The highest BCUT2D eigenvalue weighted by Gasteiger charge is 2.35. The van der Waals surface area contributed by atoms with Gasteiger partial charge in [0.05, 0.1) is 45.1 Å². The van der Waals surface area contributed by atoms with Crippen molar-refractivity contribution < 1.29 is 78.3 Å². The summed E-state index contributed by atoms with van der Waals surface area (Å²) in [5.41, 5.74) is 7.02. The number of benzene rings is 1. The van der Waals surface area contributed by atoms with Gasteiger partial charge in [0.25, 0.3) is 0 Å². The van der Waals surface area contributed by atoms with Crippen LogP contribution in [0, 0.1) is 11.8 Å². The van der Waals surface area contributed by atoms with Gasteiger partial charge in [-0.25, -0.2) is 4.98 Å². The zero-order valence-electron chi connectivity index (χ0n) is 40.4. The molecule has 1 heterocycles. The number of carboxylic acid groups (broad SMARTS) is 2. The summed E-state index contributed by atoms with van der Waals surface area (Å²) in [6.45, 7) is 4.35. The minimum absolute atomic E-state index is 0.00137. The van der Waals surface area contributed by atoms with E-state index in [4.69, 9.17) is 10.8 Å². The maximum Gasteiger partial charge on any atom is 0.325 e. The maximum absolute atomic E-state index is 13.8. The van der Waals surface area contributed by atoms with Gasteiger partial charge in [0, 0.05) is 18.3 Å². The summed E-state index contributed by atoms with van der Waals surface area (Å²) in [6, 6.07) is -5.95. The predicted octanol–water partition coefficient (Wildman–Crippen LogP) is -5.49. The molecule has 0 aliphatic carbocycles. The fourth-order valence-corrected chi connectivity index (χ4v) is 6.50. The Balaban J connectivity index is 2.14. The Morgan fingerprint density at radius 3 is 1.61 bits per heavy atom. The third kappa shape index (κ3) is 21.1. The molecular formula is C44H66N12O16. The second kappa shape index (κ2) is 30.1. The lowest BCUT2D eigenvalue weighted by molar-refractivity contribution is -0.142. The van der Waals surface area contributed by atoms with Gasteiger partial charge in [-0.05, 0) is 49.3 Å². The summed E-state index contributed by atoms with van der Waals surface area (Å²) < 4.78 is 0. The molecule has 0 saturated heterocycles. The van der Waals surface area contributed by atoms with E-state index in [0.29, 0.717) is 17.7 Å². The monoisotopic (exact) mass is 1020 g/mol. The molecule has 0 aliphatic heterocycles. The summed E-state index contributed by atoms with van der Waals surface area (Å²) in [5, 5.41) is 68.6. The van der Waals surface area contributed by atoms with Crippen LogP contribution in [0.5, 0.6) is 5.75 Å². The SMILES string of the molecule is CC[C@H](C)[C@H](NC(=O)CNC(=O)[C@H](CO)NC(=O)[C@H](CC(=O)O)NC(=O)[C@H](CC(C)C)NC(=O)[C@@H](N)Cc1ccc(O)cc1)C(=O)N[C@@H](Cc1cnc[nH]1)C(=O)N[C@@H](CO)C(=O)NCC(=O)N[C@@H](C)C(=O)O. The van der Waals surface area contributed by atoms with Gasteiger partial charge in [-0.2, -0.15) is 0 Å². The van der Waals surface area contributed by atoms with Crippen molar-refractivity contribution in [2.24, 2.45) is 17.6 Å². The molecule has 0 saturated carbocycles. The number of aromatic hydroxyl groups is 1. The Morgan fingerprint density at radius 2 is 1.12 bits per heavy atom. The van der Waals surface area contributed by atoms with Crippen molar-refractivity contribution in [3.05, 3.63) is 48.0 Å². The van der Waals surface area contributed by atoms with Crippen molar-refractivity contribution >= 4 is 65.1 Å². The number of aromatic amines is 1. The molecule has 0 fully saturated rings. The number of nitrogens with one attached hydrogen (secondary N) is 10. The molecular weight excluding hydrogens is 953 g/mol. The quantitative estimate of drug-likeness (QED) is 0.0335. The third-order valence-corrected chi connectivity index (χ3v) is 10.7. The number of phenolic OH excluding ortho intramolecular Hbond substituents is 1. The smallest absolute Gasteiger partial charge is 0.325 e. The molecule has 9 amide bonds. The first-order valence-corrected chi connectivity index (χ1v) is 22.7. The number of carbonyl (C=O) groups is 11. The number of nitrogens with two attached hydrogens (primary N) is 1. The fraction of sp³-hybridized carbons (Fsp3) is 0.545. The lowest BCUT2D eigenvalue weighted by Crippen LogP contribution is -2.60. The molecule has 1 aromatic heterocycles. The molecule has 0 unspecified atom stereocenters. The molecule has 0 aliphatic rings. The molecule has 28 nitrogen and oxygen atoms in total. The fourth-order valence-electron chi connectivity index (χ4n) is 6.50. The van der Waals surface area contributed by atoms with Crippen LogP contribution in [0.25, 0.3) is 0 Å². The minimum Gasteiger partial charge on any atom is -0.508 e. The van der Waals surface area contributed by atoms with Crippen LogP contribution in [0.4, 0.5) is 0 Å². The lowest BCUT2D eigenvalue weighted by atomic mass is 9.97. The topological polar surface area (TPSA) is 452 Å². The van der Waals surface area contributed by atoms with Crippen LogP contribution in [0.3, 0.4) is 0 Å². The van der Waals surface area contributed by atoms with E-state index in [1.165, 1.54) is 31.6 Å². The van der Waals surface area contributed by atoms with E-state index in [0.717, 1.165) is 0 Å². The van der Waals surface area contributed by atoms with Gasteiger partial charge in [-0.15, -0.1) is 0 Å². The van der Waals surface area contributed by atoms with Gasteiger partial charge >= 0.3 is 11.9 Å². The van der Waals surface area contributed by atoms with Gasteiger partial charge in [0.2, 0.25) is 53.2 Å². The number of nitrogens with zero attached hydrogens (tertiary/aromatic N) is 1. The Bertz CT molecular complexity index is 2190. The summed E-state index contributed by atoms with van der Waals surface area (Å²) >= 11 is 0. The van der Waals surface area contributed by atoms with E-state index in [9.17, 15) is 73.2 Å². The molecule has 72 heavy (non-hydrogen) atoms. The van der Waals surface area contributed by atoms with Crippen molar-refractivity contribution in [1.29, 1.82) is 0 Å². The maximum atomic E-state index is 13.8. The first-order valence-electron chi connectivity index (χ1n) is 22.7. The molecule has 398 valence electrons. The normalized spacial score (nSPS) is 14.7. The lowest BCUT2D eigenvalue weighted by Gasteiger charge is -2.27. The number of amides is 9. The summed E-state index contributed by atoms with van der Waals surface area (Å²) in [5.74, 6) is -12.6. The number of hydrogen-bond donors (Lipinski definition) is 16. The van der Waals surface area contributed by atoms with E-state index in [-0.39, 0.29) is 30.9 Å². The van der Waals surface area contributed by atoms with Crippen molar-refractivity contribution in [3.63, 3.8) is 0 Å². The highest BCUT2D eigenvalue weighted by atomic mass is 16.4. The van der Waals surface area contributed by atoms with E-state index in [2.05, 4.69) is 57.8 Å². The molecule has 1 aromatic carbocycles. The van der Waals surface area contributed by atoms with Crippen LogP contribution in [0.15, 0.2) is 36.8 Å². The van der Waals surface area contributed by atoms with Crippen LogP contribution >= 0.6 is 0 Å². The standard InChI is InChI=1S/C44H66N12O16/c1-6-22(4)36(43(70)53-29(13-25-15-46-20-49-25)41(68)54-31(18-57)38(65)47-16-33(60)50-23(5)44(71)72)56-34(61)17-48-39(66)32(19-58)55-42(69)30(14-35(62)63)52-40(67)28(11-21(2)3)51-37(64)27(45)12-24-7-9-26(59)10-8-24/h7-10,15,20-23,27-32,36,57-59H,6,11-14,16-19,45H2,1-5H3,(H,46,49)(H,47,65)(H,48,66)(H,50,60)(H,51,64)(H,52,67)(H,53,70)(H,54,68)(H,55,69)(H,56,61)(H,62,63)(H,71,72)/t22-,23-,27-,28-,29-,30-,31-,32-,36-/m0/s1. The Kier molecular flexibility index (Phi) is 25.3. The number of aromatic nitrogens is 2. The van der Waals surface area contributed by atoms with Gasteiger partial charge in [0.1, 0.15) is 48.0 Å². The average Bonchev–Trinajstić information content (AvgIpc) is 3.85. The van der Waals surface area contributed by atoms with Crippen LogP contribution < -0.4 is 53.6 Å². The van der Waals surface area contributed by atoms with Crippen LogP contribution in [0.2, 0.25) is 0 Å². The highest BCUT2D eigenvalue weighted by molar-refractivity contribution is 5.98. The number of carbonyl (C=O) groups excluding carboxylic acids is 9. The number of H-pyrrole nitrogens is 1. The van der Waals surface area contributed by atoms with Crippen molar-refractivity contribution in [1.82, 2.24) is 57.8 Å². The first kappa shape index (κ1) is 60.4. The molecule has 2 rings (SSSR count). The number of hydrogen-bond acceptors (Lipinski definition) is 16. The van der Waals surface area contributed by atoms with Crippen LogP contribution in [-0.4, -0.2) is 175 Å². The Labute approximate surface area is 413 Å². The van der Waals surface area contributed by atoms with Crippen LogP contribution in [0.1, 0.15) is 65.1 Å². The Hall–Kier alpha value is -7.72. The number of phenols is 1. The van der Waals surface area contributed by atoms with Gasteiger partial charge in [-0.3, -0.25) is 52.7 Å². The van der Waals surface area contributed by atoms with E-state index < -0.39 is 152 Å². The molecule has 0 spiro atoms. The summed E-state index contributed by atoms with van der Waals surface area (Å²) in [4.78, 5) is 148. The number of aliphatic hydroxyl groups excluding tert-OH is 2. The second-order valence-electron chi connectivity index (χ2n) is 17.2. The predicted molar refractivity (Wildman–Crippen MR) is 250 cm³/mol. The molecule has 0 bridgehead atoms. The number of imidazole rings is 1. The van der Waals surface area contributed by atoms with Crippen molar-refractivity contribution in [2.75, 3.05) is 26.3 Å². The number of aliphatic carboxylic acids is 2. The zero-order valence-corrected chi connectivity index (χ0v) is 40.4. The van der Waals surface area contributed by atoms with Crippen molar-refractivity contribution in [3.8, 4) is 5.75 Å². The average molecular weight is 1020 g/mol. The summed E-state index contributed by atoms with van der Waals surface area (Å²) in [6.07, 6.45) is 1.74. The number of rotatable bonds is 31. The van der Waals surface area contributed by atoms with E-state index in [1.54, 1.807) is 39.8 Å². The highest BCUT2D eigenvalue weighted by Crippen LogP contribution is 2.13. The first-order chi connectivity index (χ1) is 33.9. The molecule has 2 aromatic rings. The largest absolute Gasteiger partial charge is 0.508 e. The van der Waals surface area contributed by atoms with Crippen molar-refractivity contribution in [2.45, 2.75) is 115 Å². The van der Waals surface area contributed by atoms with E-state index in [1.807, 2.05) is 0 Å². The molecule has 9 atom stereocenters. The minimum atomic E-state index is -1.84. The van der Waals surface area contributed by atoms with E-state index >= 15 is 0 Å². The molecule has 17 N–H and O–H groups in total. The molecule has 28 heteroatoms. The number of aliphatic hydroxyl groups is 2.